The summed E-state index contributed by atoms with van der Waals surface area (Å²) in [7, 11) is 0. The molecular formula is C32H42O8. The number of aryl methyl sites for hydroxylation is 2. The summed E-state index contributed by atoms with van der Waals surface area (Å²) in [6.45, 7) is 4.21. The van der Waals surface area contributed by atoms with Crippen LogP contribution in [0.25, 0.3) is 0 Å². The van der Waals surface area contributed by atoms with Crippen LogP contribution in [0.5, 0.6) is 0 Å². The van der Waals surface area contributed by atoms with Crippen molar-refractivity contribution in [2.45, 2.75) is 102 Å². The normalized spacial score (nSPS) is 14.2. The van der Waals surface area contributed by atoms with Gasteiger partial charge in [0.15, 0.2) is 0 Å². The van der Waals surface area contributed by atoms with Crippen LogP contribution in [0.4, 0.5) is 0 Å². The first-order chi connectivity index (χ1) is 19.0. The summed E-state index contributed by atoms with van der Waals surface area (Å²) in [5.41, 5.74) is -3.53. The minimum absolute atomic E-state index is 0.0630. The van der Waals surface area contributed by atoms with Gasteiger partial charge in [0.05, 0.1) is 12.8 Å². The highest BCUT2D eigenvalue weighted by Crippen LogP contribution is 2.50. The van der Waals surface area contributed by atoms with E-state index < -0.39 is 47.5 Å². The third kappa shape index (κ3) is 7.49. The first-order valence-corrected chi connectivity index (χ1v) is 14.1. The third-order valence-corrected chi connectivity index (χ3v) is 7.82. The highest BCUT2D eigenvalue weighted by molar-refractivity contribution is 6.00. The molecule has 2 aromatic carbocycles. The van der Waals surface area contributed by atoms with E-state index in [0.717, 1.165) is 75.3 Å². The van der Waals surface area contributed by atoms with Gasteiger partial charge in [-0.25, -0.2) is 0 Å². The molecule has 8 nitrogen and oxygen atoms in total. The van der Waals surface area contributed by atoms with Crippen LogP contribution in [0.3, 0.4) is 0 Å². The molecule has 2 rings (SSSR count). The highest BCUT2D eigenvalue weighted by Gasteiger charge is 2.65. The molecule has 0 bridgehead atoms. The number of unbranched alkanes of at least 4 members (excludes halogenated alkanes) is 6. The maximum atomic E-state index is 13.1. The van der Waals surface area contributed by atoms with Crippen LogP contribution in [0.2, 0.25) is 0 Å². The molecule has 0 spiro atoms. The first kappa shape index (κ1) is 32.5. The maximum absolute atomic E-state index is 13.1. The number of carboxylic acid groups (broad SMARTS) is 4. The molecule has 0 radical (unpaired) electrons. The second-order valence-electron chi connectivity index (χ2n) is 10.6. The van der Waals surface area contributed by atoms with Crippen LogP contribution in [-0.4, -0.2) is 44.3 Å². The van der Waals surface area contributed by atoms with Crippen LogP contribution >= 0.6 is 0 Å². The second-order valence-corrected chi connectivity index (χ2v) is 10.6. The van der Waals surface area contributed by atoms with Crippen molar-refractivity contribution in [2.75, 3.05) is 0 Å². The smallest absolute Gasteiger partial charge is 0.316 e. The molecular weight excluding hydrogens is 512 g/mol. The number of aliphatic carboxylic acids is 4. The van der Waals surface area contributed by atoms with Crippen LogP contribution in [0.1, 0.15) is 100 Å². The van der Waals surface area contributed by atoms with Crippen LogP contribution in [-0.2, 0) is 42.8 Å². The van der Waals surface area contributed by atoms with Crippen molar-refractivity contribution in [3.63, 3.8) is 0 Å². The van der Waals surface area contributed by atoms with Crippen molar-refractivity contribution < 1.29 is 39.6 Å². The first-order valence-electron chi connectivity index (χ1n) is 14.1. The van der Waals surface area contributed by atoms with Crippen molar-refractivity contribution in [1.82, 2.24) is 0 Å². The van der Waals surface area contributed by atoms with Crippen molar-refractivity contribution in [1.29, 1.82) is 0 Å². The topological polar surface area (TPSA) is 149 Å². The third-order valence-electron chi connectivity index (χ3n) is 7.82. The molecule has 4 N–H and O–H groups in total. The Kier molecular flexibility index (Phi) is 12.4. The summed E-state index contributed by atoms with van der Waals surface area (Å²) in [5.74, 6) is -6.51. The van der Waals surface area contributed by atoms with Gasteiger partial charge in [-0.05, 0) is 47.9 Å². The average molecular weight is 555 g/mol. The fourth-order valence-electron chi connectivity index (χ4n) is 5.64. The Morgan fingerprint density at radius 1 is 0.525 bits per heavy atom. The lowest BCUT2D eigenvalue weighted by molar-refractivity contribution is -0.166. The molecule has 2 unspecified atom stereocenters. The Morgan fingerprint density at radius 2 is 0.850 bits per heavy atom. The highest BCUT2D eigenvalue weighted by atomic mass is 16.4. The van der Waals surface area contributed by atoms with E-state index in [1.54, 1.807) is 24.3 Å². The Labute approximate surface area is 236 Å². The Balaban J connectivity index is 2.71. The number of benzene rings is 2. The lowest BCUT2D eigenvalue weighted by atomic mass is 9.53. The van der Waals surface area contributed by atoms with Crippen molar-refractivity contribution in [3.8, 4) is 0 Å². The van der Waals surface area contributed by atoms with Gasteiger partial charge in [0.2, 0.25) is 0 Å². The van der Waals surface area contributed by atoms with Crippen LogP contribution in [0.15, 0.2) is 48.5 Å². The van der Waals surface area contributed by atoms with E-state index in [4.69, 9.17) is 0 Å². The standard InChI is InChI=1S/C32H42O8/c1-3-5-7-9-11-23-13-17-25(18-14-23)31(29(37)38,21-27(33)34)32(30(39)40,22-28(35)36)26-19-15-24(16-20-26)12-10-8-6-4-2/h13-20H,3-12,21-22H2,1-2H3,(H,33,34)(H,35,36)(H,37,38)(H,39,40). The van der Waals surface area contributed by atoms with Crippen molar-refractivity contribution in [3.05, 3.63) is 70.8 Å². The van der Waals surface area contributed by atoms with E-state index in [-0.39, 0.29) is 11.1 Å². The number of carbonyl (C=O) groups is 4. The fraction of sp³-hybridized carbons (Fsp3) is 0.500. The summed E-state index contributed by atoms with van der Waals surface area (Å²) in [5, 5.41) is 41.1. The quantitative estimate of drug-likeness (QED) is 0.149. The Hall–Kier alpha value is -3.68. The zero-order valence-electron chi connectivity index (χ0n) is 23.5. The number of hydrogen-bond acceptors (Lipinski definition) is 4. The Bertz CT molecular complexity index is 1050. The zero-order valence-corrected chi connectivity index (χ0v) is 23.5. The molecule has 0 aromatic heterocycles. The number of hydrogen-bond donors (Lipinski definition) is 4. The van der Waals surface area contributed by atoms with E-state index in [2.05, 4.69) is 13.8 Å². The molecule has 0 fully saturated rings. The molecule has 2 aromatic rings. The molecule has 0 heterocycles. The second kappa shape index (κ2) is 15.2. The lowest BCUT2D eigenvalue weighted by Crippen LogP contribution is -2.60. The van der Waals surface area contributed by atoms with Gasteiger partial charge in [-0.3, -0.25) is 19.2 Å². The number of rotatable bonds is 19. The predicted molar refractivity (Wildman–Crippen MR) is 152 cm³/mol. The van der Waals surface area contributed by atoms with Crippen molar-refractivity contribution in [2.24, 2.45) is 0 Å². The summed E-state index contributed by atoms with van der Waals surface area (Å²) >= 11 is 0. The van der Waals surface area contributed by atoms with E-state index >= 15 is 0 Å². The van der Waals surface area contributed by atoms with Gasteiger partial charge in [0.1, 0.15) is 10.8 Å². The van der Waals surface area contributed by atoms with Crippen LogP contribution < -0.4 is 0 Å². The summed E-state index contributed by atoms with van der Waals surface area (Å²) in [6, 6.07) is 12.5. The lowest BCUT2D eigenvalue weighted by Gasteiger charge is -2.44. The van der Waals surface area contributed by atoms with Crippen LogP contribution in [0, 0.1) is 0 Å². The fourth-order valence-corrected chi connectivity index (χ4v) is 5.64. The van der Waals surface area contributed by atoms with Gasteiger partial charge < -0.3 is 20.4 Å². The van der Waals surface area contributed by atoms with Crippen molar-refractivity contribution >= 4 is 23.9 Å². The van der Waals surface area contributed by atoms with Gasteiger partial charge >= 0.3 is 23.9 Å². The molecule has 2 atom stereocenters. The minimum atomic E-state index is -2.60. The average Bonchev–Trinajstić information content (AvgIpc) is 2.91. The molecule has 8 heteroatoms. The maximum Gasteiger partial charge on any atom is 0.316 e. The van der Waals surface area contributed by atoms with Gasteiger partial charge in [-0.15, -0.1) is 0 Å². The number of carboxylic acids is 4. The molecule has 40 heavy (non-hydrogen) atoms. The largest absolute Gasteiger partial charge is 0.481 e. The van der Waals surface area contributed by atoms with E-state index in [1.807, 2.05) is 0 Å². The van der Waals surface area contributed by atoms with Gasteiger partial charge in [0, 0.05) is 0 Å². The molecule has 0 amide bonds. The summed E-state index contributed by atoms with van der Waals surface area (Å²) in [6.07, 6.45) is 7.50. The molecule has 0 aliphatic carbocycles. The molecule has 0 saturated heterocycles. The summed E-state index contributed by atoms with van der Waals surface area (Å²) in [4.78, 5) is 50.6. The zero-order chi connectivity index (χ0) is 29.8. The van der Waals surface area contributed by atoms with Gasteiger partial charge in [0.25, 0.3) is 0 Å². The molecule has 0 saturated carbocycles. The molecule has 218 valence electrons. The summed E-state index contributed by atoms with van der Waals surface area (Å²) < 4.78 is 0. The van der Waals surface area contributed by atoms with Gasteiger partial charge in [-0.2, -0.15) is 0 Å². The molecule has 0 aliphatic heterocycles. The van der Waals surface area contributed by atoms with Gasteiger partial charge in [-0.1, -0.05) is 101 Å². The van der Waals surface area contributed by atoms with E-state index in [1.165, 1.54) is 24.3 Å². The van der Waals surface area contributed by atoms with E-state index in [9.17, 15) is 39.6 Å². The molecule has 0 aliphatic rings. The monoisotopic (exact) mass is 554 g/mol. The SMILES string of the molecule is CCCCCCc1ccc(C(CC(=O)O)(C(=O)O)C(CC(=O)O)(C(=O)O)c2ccc(CCCCCC)cc2)cc1. The Morgan fingerprint density at radius 3 is 1.10 bits per heavy atom. The minimum Gasteiger partial charge on any atom is -0.481 e. The van der Waals surface area contributed by atoms with E-state index in [0.29, 0.717) is 0 Å². The predicted octanol–water partition coefficient (Wildman–Crippen LogP) is 6.23.